The van der Waals surface area contributed by atoms with Crippen LogP contribution >= 0.6 is 66.7 Å². The maximum absolute atomic E-state index is 6.21. The predicted molar refractivity (Wildman–Crippen MR) is 121 cm³/mol. The lowest BCUT2D eigenvalue weighted by atomic mass is 10.2. The van der Waals surface area contributed by atoms with Gasteiger partial charge < -0.3 is 10.1 Å². The van der Waals surface area contributed by atoms with Gasteiger partial charge in [-0.1, -0.05) is 40.9 Å². The minimum atomic E-state index is 0.343. The Kier molecular flexibility index (Phi) is 7.35. The van der Waals surface area contributed by atoms with Gasteiger partial charge in [0.25, 0.3) is 0 Å². The zero-order valence-electron chi connectivity index (χ0n) is 13.9. The van der Waals surface area contributed by atoms with Crippen molar-refractivity contribution in [2.45, 2.75) is 13.2 Å². The van der Waals surface area contributed by atoms with Crippen LogP contribution in [0.15, 0.2) is 63.5 Å². The first-order valence-electron chi connectivity index (χ1n) is 7.96. The molecule has 27 heavy (non-hydrogen) atoms. The number of benzene rings is 3. The summed E-state index contributed by atoms with van der Waals surface area (Å²) in [6.45, 7) is 1.01. The van der Waals surface area contributed by atoms with E-state index in [2.05, 4.69) is 37.2 Å². The normalized spacial score (nSPS) is 10.7. The number of nitrogens with one attached hydrogen (secondary N) is 1. The Bertz CT molecular complexity index is 925. The fourth-order valence-corrected chi connectivity index (χ4v) is 4.51. The van der Waals surface area contributed by atoms with Crippen molar-refractivity contribution in [2.24, 2.45) is 0 Å². The summed E-state index contributed by atoms with van der Waals surface area (Å²) in [5.74, 6) is 0.719. The van der Waals surface area contributed by atoms with Gasteiger partial charge in [0.1, 0.15) is 12.4 Å². The molecule has 0 atom stereocenters. The molecule has 0 aliphatic carbocycles. The van der Waals surface area contributed by atoms with E-state index in [4.69, 9.17) is 39.5 Å². The van der Waals surface area contributed by atoms with Crippen LogP contribution in [0.5, 0.6) is 5.75 Å². The van der Waals surface area contributed by atoms with E-state index in [-0.39, 0.29) is 0 Å². The lowest BCUT2D eigenvalue weighted by molar-refractivity contribution is 0.302. The van der Waals surface area contributed by atoms with E-state index in [9.17, 15) is 0 Å². The summed E-state index contributed by atoms with van der Waals surface area (Å²) in [6, 6.07) is 17.0. The van der Waals surface area contributed by atoms with Crippen LogP contribution in [0.4, 0.5) is 5.69 Å². The van der Waals surface area contributed by atoms with E-state index in [0.29, 0.717) is 28.2 Å². The Labute approximate surface area is 190 Å². The highest BCUT2D eigenvalue weighted by atomic mass is 79.9. The molecule has 7 heteroatoms. The Balaban J connectivity index is 1.67. The average molecular weight is 551 g/mol. The van der Waals surface area contributed by atoms with Crippen LogP contribution in [0.2, 0.25) is 15.1 Å². The fraction of sp³-hybridized carbons (Fsp3) is 0.100. The van der Waals surface area contributed by atoms with Gasteiger partial charge in [0.15, 0.2) is 0 Å². The molecule has 0 radical (unpaired) electrons. The van der Waals surface area contributed by atoms with Gasteiger partial charge in [-0.2, -0.15) is 0 Å². The van der Waals surface area contributed by atoms with Gasteiger partial charge in [0.05, 0.1) is 8.95 Å². The molecule has 0 aromatic heterocycles. The molecule has 3 aromatic carbocycles. The third kappa shape index (κ3) is 5.78. The van der Waals surface area contributed by atoms with Crippen LogP contribution in [0.3, 0.4) is 0 Å². The van der Waals surface area contributed by atoms with E-state index >= 15 is 0 Å². The molecule has 2 nitrogen and oxygen atoms in total. The Hall–Kier alpha value is -0.910. The quantitative estimate of drug-likeness (QED) is 0.333. The topological polar surface area (TPSA) is 21.3 Å². The highest BCUT2D eigenvalue weighted by Crippen LogP contribution is 2.36. The SMILES string of the molecule is Clc1ccc(NCc2cc(Br)c(OCc3ccc(Cl)cc3Cl)c(Br)c2)cc1. The number of hydrogen-bond acceptors (Lipinski definition) is 2. The molecule has 0 saturated carbocycles. The summed E-state index contributed by atoms with van der Waals surface area (Å²) in [5, 5.41) is 5.26. The van der Waals surface area contributed by atoms with Gasteiger partial charge >= 0.3 is 0 Å². The molecule has 0 bridgehead atoms. The Morgan fingerprint density at radius 1 is 0.815 bits per heavy atom. The molecule has 0 unspecified atom stereocenters. The molecular formula is C20H14Br2Cl3NO. The van der Waals surface area contributed by atoms with Crippen molar-refractivity contribution < 1.29 is 4.74 Å². The van der Waals surface area contributed by atoms with Gasteiger partial charge in [0, 0.05) is 32.9 Å². The van der Waals surface area contributed by atoms with E-state index < -0.39 is 0 Å². The van der Waals surface area contributed by atoms with E-state index in [1.54, 1.807) is 12.1 Å². The molecule has 3 aromatic rings. The molecule has 0 aliphatic rings. The number of hydrogen-bond donors (Lipinski definition) is 1. The largest absolute Gasteiger partial charge is 0.486 e. The van der Waals surface area contributed by atoms with Gasteiger partial charge in [0.2, 0.25) is 0 Å². The maximum Gasteiger partial charge on any atom is 0.148 e. The van der Waals surface area contributed by atoms with E-state index in [1.165, 1.54) is 0 Å². The molecule has 0 heterocycles. The fourth-order valence-electron chi connectivity index (χ4n) is 2.41. The van der Waals surface area contributed by atoms with Crippen molar-refractivity contribution in [3.63, 3.8) is 0 Å². The highest BCUT2D eigenvalue weighted by molar-refractivity contribution is 9.11. The molecule has 0 spiro atoms. The molecule has 140 valence electrons. The van der Waals surface area contributed by atoms with Gasteiger partial charge in [-0.3, -0.25) is 0 Å². The van der Waals surface area contributed by atoms with Crippen molar-refractivity contribution in [3.8, 4) is 5.75 Å². The summed E-state index contributed by atoms with van der Waals surface area (Å²) in [4.78, 5) is 0. The minimum absolute atomic E-state index is 0.343. The van der Waals surface area contributed by atoms with Gasteiger partial charge in [-0.05, 0) is 86.0 Å². The summed E-state index contributed by atoms with van der Waals surface area (Å²) < 4.78 is 7.66. The summed E-state index contributed by atoms with van der Waals surface area (Å²) >= 11 is 25.2. The molecule has 3 rings (SSSR count). The van der Waals surface area contributed by atoms with Crippen LogP contribution in [0.25, 0.3) is 0 Å². The van der Waals surface area contributed by atoms with Crippen LogP contribution < -0.4 is 10.1 Å². The van der Waals surface area contributed by atoms with Crippen LogP contribution in [-0.2, 0) is 13.2 Å². The van der Waals surface area contributed by atoms with Crippen molar-refractivity contribution >= 4 is 72.4 Å². The first-order valence-corrected chi connectivity index (χ1v) is 10.7. The Morgan fingerprint density at radius 3 is 2.07 bits per heavy atom. The molecule has 0 fully saturated rings. The molecule has 0 aliphatic heterocycles. The molecular weight excluding hydrogens is 536 g/mol. The predicted octanol–water partition coefficient (Wildman–Crippen LogP) is 8.36. The van der Waals surface area contributed by atoms with Crippen molar-refractivity contribution in [3.05, 3.63) is 89.7 Å². The van der Waals surface area contributed by atoms with Crippen molar-refractivity contribution in [1.29, 1.82) is 0 Å². The number of halogens is 5. The second kappa shape index (κ2) is 9.53. The smallest absolute Gasteiger partial charge is 0.148 e. The van der Waals surface area contributed by atoms with E-state index in [0.717, 1.165) is 31.5 Å². The number of ether oxygens (including phenoxy) is 1. The first-order chi connectivity index (χ1) is 12.9. The second-order valence-corrected chi connectivity index (χ2v) is 8.76. The lowest BCUT2D eigenvalue weighted by Gasteiger charge is -2.14. The number of rotatable bonds is 6. The summed E-state index contributed by atoms with van der Waals surface area (Å²) in [5.41, 5.74) is 2.97. The van der Waals surface area contributed by atoms with Crippen LogP contribution in [-0.4, -0.2) is 0 Å². The zero-order valence-corrected chi connectivity index (χ0v) is 19.3. The van der Waals surface area contributed by atoms with Gasteiger partial charge in [-0.15, -0.1) is 0 Å². The first kappa shape index (κ1) is 20.8. The second-order valence-electron chi connectivity index (χ2n) is 5.77. The van der Waals surface area contributed by atoms with Crippen molar-refractivity contribution in [1.82, 2.24) is 0 Å². The zero-order chi connectivity index (χ0) is 19.4. The van der Waals surface area contributed by atoms with E-state index in [1.807, 2.05) is 42.5 Å². The maximum atomic E-state index is 6.21. The number of anilines is 1. The van der Waals surface area contributed by atoms with Crippen molar-refractivity contribution in [2.75, 3.05) is 5.32 Å². The molecule has 0 amide bonds. The molecule has 0 saturated heterocycles. The monoisotopic (exact) mass is 547 g/mol. The highest BCUT2D eigenvalue weighted by Gasteiger charge is 2.11. The standard InChI is InChI=1S/C20H14Br2Cl3NO/c21-17-7-12(10-26-16-5-3-14(23)4-6-16)8-18(22)20(17)27-11-13-1-2-15(24)9-19(13)25/h1-9,26H,10-11H2. The van der Waals surface area contributed by atoms with Crippen LogP contribution in [0, 0.1) is 0 Å². The Morgan fingerprint density at radius 2 is 1.44 bits per heavy atom. The summed E-state index contributed by atoms with van der Waals surface area (Å²) in [7, 11) is 0. The minimum Gasteiger partial charge on any atom is -0.486 e. The molecule has 1 N–H and O–H groups in total. The summed E-state index contributed by atoms with van der Waals surface area (Å²) in [6.07, 6.45) is 0. The lowest BCUT2D eigenvalue weighted by Crippen LogP contribution is -2.02. The third-order valence-corrected chi connectivity index (χ3v) is 5.80. The average Bonchev–Trinajstić information content (AvgIpc) is 2.62. The van der Waals surface area contributed by atoms with Gasteiger partial charge in [-0.25, -0.2) is 0 Å². The third-order valence-electron chi connectivity index (χ3n) is 3.79. The van der Waals surface area contributed by atoms with Crippen LogP contribution in [0.1, 0.15) is 11.1 Å².